The van der Waals surface area contributed by atoms with Gasteiger partial charge in [0.05, 0.1) is 11.9 Å². The van der Waals surface area contributed by atoms with Crippen LogP contribution in [0, 0.1) is 5.92 Å². The standard InChI is InChI=1S/C19H32N6O/c1-3-20-19(21-10-9-16-7-5-4-6-8-16)24-11-12-25(18(26)15-24)17-13-22-23(2)14-17/h13-14,16H,3-12,15H2,1-2H3,(H,20,21). The minimum absolute atomic E-state index is 0.0992. The summed E-state index contributed by atoms with van der Waals surface area (Å²) in [4.78, 5) is 21.3. The first-order valence-electron chi connectivity index (χ1n) is 9.99. The molecular formula is C19H32N6O. The van der Waals surface area contributed by atoms with Crippen molar-refractivity contribution in [3.8, 4) is 0 Å². The van der Waals surface area contributed by atoms with Crippen LogP contribution >= 0.6 is 0 Å². The van der Waals surface area contributed by atoms with Crippen LogP contribution in [-0.4, -0.2) is 59.3 Å². The molecule has 0 atom stereocenters. The number of nitrogens with one attached hydrogen (secondary N) is 1. The fraction of sp³-hybridized carbons (Fsp3) is 0.737. The van der Waals surface area contributed by atoms with Gasteiger partial charge in [0.25, 0.3) is 0 Å². The number of guanidine groups is 1. The second kappa shape index (κ2) is 9.05. The molecule has 1 aliphatic carbocycles. The molecule has 3 rings (SSSR count). The Bertz CT molecular complexity index is 619. The molecule has 1 aromatic heterocycles. The lowest BCUT2D eigenvalue weighted by molar-refractivity contribution is -0.120. The molecule has 0 aromatic carbocycles. The molecule has 0 spiro atoms. The Balaban J connectivity index is 1.56. The van der Waals surface area contributed by atoms with Crippen LogP contribution in [0.2, 0.25) is 0 Å². The summed E-state index contributed by atoms with van der Waals surface area (Å²) in [5.74, 6) is 1.81. The third-order valence-electron chi connectivity index (χ3n) is 5.38. The number of aliphatic imine (C=N–C) groups is 1. The first-order chi connectivity index (χ1) is 12.7. The van der Waals surface area contributed by atoms with Crippen molar-refractivity contribution in [3.05, 3.63) is 12.4 Å². The van der Waals surface area contributed by atoms with Crippen molar-refractivity contribution in [1.82, 2.24) is 20.0 Å². The van der Waals surface area contributed by atoms with Crippen LogP contribution in [-0.2, 0) is 11.8 Å². The number of hydrogen-bond acceptors (Lipinski definition) is 3. The van der Waals surface area contributed by atoms with Crippen molar-refractivity contribution in [2.75, 3.05) is 37.6 Å². The molecule has 7 heteroatoms. The van der Waals surface area contributed by atoms with Gasteiger partial charge in [0.15, 0.2) is 5.96 Å². The van der Waals surface area contributed by atoms with Gasteiger partial charge in [-0.2, -0.15) is 5.10 Å². The van der Waals surface area contributed by atoms with E-state index in [9.17, 15) is 4.79 Å². The molecule has 0 bridgehead atoms. The van der Waals surface area contributed by atoms with E-state index in [1.54, 1.807) is 10.9 Å². The third-order valence-corrected chi connectivity index (χ3v) is 5.38. The second-order valence-electron chi connectivity index (χ2n) is 7.37. The monoisotopic (exact) mass is 360 g/mol. The van der Waals surface area contributed by atoms with Gasteiger partial charge in [-0.05, 0) is 19.3 Å². The summed E-state index contributed by atoms with van der Waals surface area (Å²) in [5.41, 5.74) is 0.872. The Morgan fingerprint density at radius 3 is 2.77 bits per heavy atom. The van der Waals surface area contributed by atoms with Crippen LogP contribution in [0.4, 0.5) is 5.69 Å². The maximum atomic E-state index is 12.6. The van der Waals surface area contributed by atoms with Gasteiger partial charge >= 0.3 is 0 Å². The first kappa shape index (κ1) is 18.7. The molecule has 1 aliphatic heterocycles. The van der Waals surface area contributed by atoms with Crippen LogP contribution in [0.1, 0.15) is 45.4 Å². The molecule has 1 aromatic rings. The smallest absolute Gasteiger partial charge is 0.246 e. The van der Waals surface area contributed by atoms with Gasteiger partial charge < -0.3 is 15.1 Å². The number of amides is 1. The van der Waals surface area contributed by atoms with Crippen LogP contribution in [0.15, 0.2) is 17.4 Å². The van der Waals surface area contributed by atoms with Crippen molar-refractivity contribution in [3.63, 3.8) is 0 Å². The Morgan fingerprint density at radius 2 is 2.12 bits per heavy atom. The number of nitrogens with zero attached hydrogens (tertiary/aromatic N) is 5. The number of anilines is 1. The van der Waals surface area contributed by atoms with Crippen LogP contribution in [0.5, 0.6) is 0 Å². The highest BCUT2D eigenvalue weighted by Gasteiger charge is 2.27. The molecule has 0 radical (unpaired) electrons. The number of rotatable bonds is 5. The fourth-order valence-electron chi connectivity index (χ4n) is 3.93. The molecule has 2 heterocycles. The third kappa shape index (κ3) is 4.77. The van der Waals surface area contributed by atoms with E-state index in [0.29, 0.717) is 13.1 Å². The van der Waals surface area contributed by atoms with Crippen molar-refractivity contribution in [2.45, 2.75) is 45.4 Å². The summed E-state index contributed by atoms with van der Waals surface area (Å²) in [6.45, 7) is 5.56. The van der Waals surface area contributed by atoms with Crippen molar-refractivity contribution in [2.24, 2.45) is 18.0 Å². The van der Waals surface area contributed by atoms with Gasteiger partial charge in [-0.1, -0.05) is 32.1 Å². The van der Waals surface area contributed by atoms with E-state index in [2.05, 4.69) is 22.2 Å². The molecule has 2 aliphatic rings. The van der Waals surface area contributed by atoms with Crippen LogP contribution < -0.4 is 10.2 Å². The molecule has 7 nitrogen and oxygen atoms in total. The molecule has 1 saturated heterocycles. The summed E-state index contributed by atoms with van der Waals surface area (Å²) in [7, 11) is 1.87. The molecule has 1 amide bonds. The highest BCUT2D eigenvalue weighted by atomic mass is 16.2. The van der Waals surface area contributed by atoms with Gasteiger partial charge in [-0.15, -0.1) is 0 Å². The fourth-order valence-corrected chi connectivity index (χ4v) is 3.93. The lowest BCUT2D eigenvalue weighted by Crippen LogP contribution is -2.55. The Kier molecular flexibility index (Phi) is 6.52. The van der Waals surface area contributed by atoms with Gasteiger partial charge in [0, 0.05) is 39.4 Å². The van der Waals surface area contributed by atoms with Gasteiger partial charge in [-0.3, -0.25) is 14.5 Å². The van der Waals surface area contributed by atoms with E-state index >= 15 is 0 Å². The van der Waals surface area contributed by atoms with E-state index in [1.807, 2.05) is 18.1 Å². The van der Waals surface area contributed by atoms with Gasteiger partial charge in [0.2, 0.25) is 5.91 Å². The molecule has 2 fully saturated rings. The summed E-state index contributed by atoms with van der Waals surface area (Å²) >= 11 is 0. The maximum Gasteiger partial charge on any atom is 0.246 e. The molecule has 1 N–H and O–H groups in total. The SMILES string of the molecule is CCNC(=NCCC1CCCCC1)N1CCN(c2cnn(C)c2)C(=O)C1. The van der Waals surface area contributed by atoms with Crippen LogP contribution in [0.25, 0.3) is 0 Å². The number of piperazine rings is 1. The molecular weight excluding hydrogens is 328 g/mol. The van der Waals surface area contributed by atoms with Crippen molar-refractivity contribution < 1.29 is 4.79 Å². The van der Waals surface area contributed by atoms with E-state index < -0.39 is 0 Å². The predicted octanol–water partition coefficient (Wildman–Crippen LogP) is 2.00. The van der Waals surface area contributed by atoms with Crippen LogP contribution in [0.3, 0.4) is 0 Å². The van der Waals surface area contributed by atoms with Crippen molar-refractivity contribution >= 4 is 17.6 Å². The van der Waals surface area contributed by atoms with E-state index in [0.717, 1.165) is 37.2 Å². The van der Waals surface area contributed by atoms with Crippen molar-refractivity contribution in [1.29, 1.82) is 0 Å². The molecule has 144 valence electrons. The lowest BCUT2D eigenvalue weighted by Gasteiger charge is -2.35. The second-order valence-corrected chi connectivity index (χ2v) is 7.37. The average Bonchev–Trinajstić information content (AvgIpc) is 3.08. The zero-order valence-electron chi connectivity index (χ0n) is 16.2. The van der Waals surface area contributed by atoms with E-state index in [1.165, 1.54) is 38.5 Å². The summed E-state index contributed by atoms with van der Waals surface area (Å²) in [5, 5.41) is 7.53. The quantitative estimate of drug-likeness (QED) is 0.644. The zero-order valence-corrected chi connectivity index (χ0v) is 16.2. The maximum absolute atomic E-state index is 12.6. The minimum Gasteiger partial charge on any atom is -0.357 e. The Hall–Kier alpha value is -2.05. The number of aryl methyl sites for hydroxylation is 1. The topological polar surface area (TPSA) is 65.8 Å². The normalized spacial score (nSPS) is 19.9. The summed E-state index contributed by atoms with van der Waals surface area (Å²) < 4.78 is 1.73. The minimum atomic E-state index is 0.0992. The van der Waals surface area contributed by atoms with Gasteiger partial charge in [0.1, 0.15) is 6.54 Å². The molecule has 0 unspecified atom stereocenters. The Labute approximate surface area is 156 Å². The number of carbonyl (C=O) groups is 1. The van der Waals surface area contributed by atoms with E-state index in [-0.39, 0.29) is 5.91 Å². The van der Waals surface area contributed by atoms with E-state index in [4.69, 9.17) is 4.99 Å². The first-order valence-corrected chi connectivity index (χ1v) is 9.99. The molecule has 1 saturated carbocycles. The lowest BCUT2D eigenvalue weighted by atomic mass is 9.87. The average molecular weight is 361 g/mol. The highest BCUT2D eigenvalue weighted by Crippen LogP contribution is 2.26. The highest BCUT2D eigenvalue weighted by molar-refractivity contribution is 5.98. The number of carbonyl (C=O) groups excluding carboxylic acids is 1. The van der Waals surface area contributed by atoms with Gasteiger partial charge in [-0.25, -0.2) is 0 Å². The Morgan fingerprint density at radius 1 is 1.31 bits per heavy atom. The predicted molar refractivity (Wildman–Crippen MR) is 104 cm³/mol. The number of hydrogen-bond donors (Lipinski definition) is 1. The largest absolute Gasteiger partial charge is 0.357 e. The number of aromatic nitrogens is 2. The summed E-state index contributed by atoms with van der Waals surface area (Å²) in [6, 6.07) is 0. The zero-order chi connectivity index (χ0) is 18.4. The molecule has 26 heavy (non-hydrogen) atoms. The summed E-state index contributed by atoms with van der Waals surface area (Å²) in [6.07, 6.45) is 11.7.